The molecule has 0 saturated carbocycles. The number of benzene rings is 1. The van der Waals surface area contributed by atoms with Crippen LogP contribution in [0.15, 0.2) is 42.7 Å². The third-order valence-electron chi connectivity index (χ3n) is 2.44. The number of hydrogen-bond acceptors (Lipinski definition) is 4. The summed E-state index contributed by atoms with van der Waals surface area (Å²) in [4.78, 5) is 19.7. The quantitative estimate of drug-likeness (QED) is 0.863. The number of hydrogen-bond donors (Lipinski definition) is 2. The molecule has 0 radical (unpaired) electrons. The van der Waals surface area contributed by atoms with E-state index in [4.69, 9.17) is 0 Å². The highest BCUT2D eigenvalue weighted by molar-refractivity contribution is 5.90. The summed E-state index contributed by atoms with van der Waals surface area (Å²) in [6.07, 6.45) is 4.50. The van der Waals surface area contributed by atoms with Crippen molar-refractivity contribution in [3.8, 4) is 0 Å². The molecule has 1 aromatic heterocycles. The largest absolute Gasteiger partial charge is 0.324 e. The van der Waals surface area contributed by atoms with Crippen LogP contribution in [-0.2, 0) is 4.79 Å². The van der Waals surface area contributed by atoms with Gasteiger partial charge in [-0.3, -0.25) is 4.79 Å². The Morgan fingerprint density at radius 3 is 2.42 bits per heavy atom. The van der Waals surface area contributed by atoms with Crippen LogP contribution in [0.3, 0.4) is 0 Å². The lowest BCUT2D eigenvalue weighted by Crippen LogP contribution is -2.11. The molecule has 0 aliphatic rings. The van der Waals surface area contributed by atoms with Crippen LogP contribution in [0.5, 0.6) is 0 Å². The Morgan fingerprint density at radius 2 is 1.79 bits per heavy atom. The van der Waals surface area contributed by atoms with E-state index in [0.29, 0.717) is 18.1 Å². The molecule has 0 aliphatic carbocycles. The average molecular weight is 256 g/mol. The van der Waals surface area contributed by atoms with Crippen molar-refractivity contribution in [2.45, 2.75) is 19.8 Å². The van der Waals surface area contributed by atoms with Crippen LogP contribution in [0.1, 0.15) is 19.8 Å². The molecule has 0 saturated heterocycles. The molecule has 1 amide bonds. The molecule has 1 heterocycles. The van der Waals surface area contributed by atoms with Crippen LogP contribution in [0.25, 0.3) is 0 Å². The van der Waals surface area contributed by atoms with Gasteiger partial charge in [0, 0.05) is 12.1 Å². The summed E-state index contributed by atoms with van der Waals surface area (Å²) in [5.74, 6) is 0.481. The van der Waals surface area contributed by atoms with Crippen molar-refractivity contribution in [2.75, 3.05) is 10.6 Å². The monoisotopic (exact) mass is 256 g/mol. The Bertz CT molecular complexity index is 525. The maximum absolute atomic E-state index is 11.4. The highest BCUT2D eigenvalue weighted by Gasteiger charge is 2.02. The SMILES string of the molecule is CCCC(=O)Nc1cnc(Nc2ccccc2)nc1. The van der Waals surface area contributed by atoms with Gasteiger partial charge in [0.05, 0.1) is 18.1 Å². The Balaban J connectivity index is 1.97. The summed E-state index contributed by atoms with van der Waals surface area (Å²) in [6, 6.07) is 9.67. The first-order valence-corrected chi connectivity index (χ1v) is 6.22. The molecular weight excluding hydrogens is 240 g/mol. The number of nitrogens with zero attached hydrogens (tertiary/aromatic N) is 2. The van der Waals surface area contributed by atoms with Crippen LogP contribution >= 0.6 is 0 Å². The van der Waals surface area contributed by atoms with Crippen LogP contribution in [0, 0.1) is 0 Å². The van der Waals surface area contributed by atoms with Gasteiger partial charge in [-0.2, -0.15) is 0 Å². The van der Waals surface area contributed by atoms with Crippen molar-refractivity contribution in [3.63, 3.8) is 0 Å². The highest BCUT2D eigenvalue weighted by Crippen LogP contribution is 2.12. The summed E-state index contributed by atoms with van der Waals surface area (Å²) in [5.41, 5.74) is 1.53. The fourth-order valence-electron chi connectivity index (χ4n) is 1.56. The second-order valence-corrected chi connectivity index (χ2v) is 4.08. The average Bonchev–Trinajstić information content (AvgIpc) is 2.42. The molecule has 2 aromatic rings. The number of amides is 1. The van der Waals surface area contributed by atoms with Gasteiger partial charge >= 0.3 is 0 Å². The van der Waals surface area contributed by atoms with Crippen LogP contribution in [0.2, 0.25) is 0 Å². The molecule has 5 nitrogen and oxygen atoms in total. The van der Waals surface area contributed by atoms with Crippen molar-refractivity contribution < 1.29 is 4.79 Å². The van der Waals surface area contributed by atoms with Gasteiger partial charge in [0.25, 0.3) is 0 Å². The van der Waals surface area contributed by atoms with Crippen molar-refractivity contribution in [1.82, 2.24) is 9.97 Å². The maximum Gasteiger partial charge on any atom is 0.227 e. The van der Waals surface area contributed by atoms with Crippen molar-refractivity contribution in [3.05, 3.63) is 42.7 Å². The highest BCUT2D eigenvalue weighted by atomic mass is 16.1. The second kappa shape index (κ2) is 6.49. The molecule has 0 spiro atoms. The van der Waals surface area contributed by atoms with Gasteiger partial charge in [-0.25, -0.2) is 9.97 Å². The zero-order chi connectivity index (χ0) is 13.5. The molecular formula is C14H16N4O. The molecule has 2 rings (SSSR count). The van der Waals surface area contributed by atoms with Gasteiger partial charge in [0.2, 0.25) is 11.9 Å². The first-order valence-electron chi connectivity index (χ1n) is 6.22. The van der Waals surface area contributed by atoms with Crippen LogP contribution < -0.4 is 10.6 Å². The van der Waals surface area contributed by atoms with Gasteiger partial charge < -0.3 is 10.6 Å². The first-order chi connectivity index (χ1) is 9.28. The molecule has 19 heavy (non-hydrogen) atoms. The third-order valence-corrected chi connectivity index (χ3v) is 2.44. The lowest BCUT2D eigenvalue weighted by molar-refractivity contribution is -0.116. The van der Waals surface area contributed by atoms with E-state index in [1.54, 1.807) is 12.4 Å². The lowest BCUT2D eigenvalue weighted by atomic mass is 10.3. The van der Waals surface area contributed by atoms with Crippen LogP contribution in [0.4, 0.5) is 17.3 Å². The van der Waals surface area contributed by atoms with E-state index in [1.165, 1.54) is 0 Å². The maximum atomic E-state index is 11.4. The van der Waals surface area contributed by atoms with Crippen LogP contribution in [-0.4, -0.2) is 15.9 Å². The first kappa shape index (κ1) is 13.0. The van der Waals surface area contributed by atoms with E-state index in [-0.39, 0.29) is 5.91 Å². The Morgan fingerprint density at radius 1 is 1.11 bits per heavy atom. The standard InChI is InChI=1S/C14H16N4O/c1-2-6-13(19)17-12-9-15-14(16-10-12)18-11-7-4-3-5-8-11/h3-5,7-10H,2,6H2,1H3,(H,17,19)(H,15,16,18). The van der Waals surface area contributed by atoms with Gasteiger partial charge in [-0.05, 0) is 18.6 Å². The summed E-state index contributed by atoms with van der Waals surface area (Å²) in [7, 11) is 0. The fraction of sp³-hybridized carbons (Fsp3) is 0.214. The fourth-order valence-corrected chi connectivity index (χ4v) is 1.56. The number of nitrogens with one attached hydrogen (secondary N) is 2. The summed E-state index contributed by atoms with van der Waals surface area (Å²) < 4.78 is 0. The molecule has 0 fully saturated rings. The van der Waals surface area contributed by atoms with Crippen molar-refractivity contribution >= 4 is 23.2 Å². The molecule has 0 aliphatic heterocycles. The number of carbonyl (C=O) groups is 1. The Hall–Kier alpha value is -2.43. The smallest absolute Gasteiger partial charge is 0.227 e. The summed E-state index contributed by atoms with van der Waals surface area (Å²) >= 11 is 0. The zero-order valence-corrected chi connectivity index (χ0v) is 10.8. The summed E-state index contributed by atoms with van der Waals surface area (Å²) in [5, 5.41) is 5.82. The topological polar surface area (TPSA) is 66.9 Å². The Kier molecular flexibility index (Phi) is 4.44. The molecule has 5 heteroatoms. The summed E-state index contributed by atoms with van der Waals surface area (Å²) in [6.45, 7) is 1.96. The van der Waals surface area contributed by atoms with E-state index >= 15 is 0 Å². The minimum absolute atomic E-state index is 0.0186. The molecule has 1 aromatic carbocycles. The molecule has 2 N–H and O–H groups in total. The van der Waals surface area contributed by atoms with E-state index in [1.807, 2.05) is 37.3 Å². The van der Waals surface area contributed by atoms with E-state index < -0.39 is 0 Å². The Labute approximate surface area is 112 Å². The minimum Gasteiger partial charge on any atom is -0.324 e. The van der Waals surface area contributed by atoms with E-state index in [2.05, 4.69) is 20.6 Å². The van der Waals surface area contributed by atoms with E-state index in [9.17, 15) is 4.79 Å². The van der Waals surface area contributed by atoms with Gasteiger partial charge in [-0.15, -0.1) is 0 Å². The predicted octanol–water partition coefficient (Wildman–Crippen LogP) is 2.96. The molecule has 0 unspecified atom stereocenters. The van der Waals surface area contributed by atoms with Gasteiger partial charge in [-0.1, -0.05) is 25.1 Å². The van der Waals surface area contributed by atoms with Gasteiger partial charge in [0.15, 0.2) is 0 Å². The number of carbonyl (C=O) groups excluding carboxylic acids is 1. The van der Waals surface area contributed by atoms with E-state index in [0.717, 1.165) is 12.1 Å². The van der Waals surface area contributed by atoms with Gasteiger partial charge in [0.1, 0.15) is 0 Å². The number of anilines is 3. The normalized spacial score (nSPS) is 9.95. The molecule has 0 atom stereocenters. The number of aromatic nitrogens is 2. The molecule has 0 bridgehead atoms. The minimum atomic E-state index is -0.0186. The van der Waals surface area contributed by atoms with Crippen molar-refractivity contribution in [1.29, 1.82) is 0 Å². The lowest BCUT2D eigenvalue weighted by Gasteiger charge is -2.06. The molecule has 98 valence electrons. The second-order valence-electron chi connectivity index (χ2n) is 4.08. The third kappa shape index (κ3) is 4.06. The number of para-hydroxylation sites is 1. The van der Waals surface area contributed by atoms with Crippen molar-refractivity contribution in [2.24, 2.45) is 0 Å². The zero-order valence-electron chi connectivity index (χ0n) is 10.8. The predicted molar refractivity (Wildman–Crippen MR) is 75.3 cm³/mol. The number of rotatable bonds is 5.